The molecule has 2 aliphatic rings. The summed E-state index contributed by atoms with van der Waals surface area (Å²) in [5.41, 5.74) is 0.677. The van der Waals surface area contributed by atoms with Crippen molar-refractivity contribution in [2.45, 2.75) is 30.7 Å². The van der Waals surface area contributed by atoms with Crippen molar-refractivity contribution in [3.05, 3.63) is 52.5 Å². The largest absolute Gasteiger partial charge is 0.454 e. The molecule has 2 aromatic carbocycles. The summed E-state index contributed by atoms with van der Waals surface area (Å²) in [6, 6.07) is 9.18. The second kappa shape index (κ2) is 9.98. The first-order valence-corrected chi connectivity index (χ1v) is 12.3. The van der Waals surface area contributed by atoms with Crippen LogP contribution in [0.5, 0.6) is 11.5 Å². The molecule has 0 spiro atoms. The van der Waals surface area contributed by atoms with E-state index in [4.69, 9.17) is 25.8 Å². The summed E-state index contributed by atoms with van der Waals surface area (Å²) in [6.45, 7) is 0.701. The van der Waals surface area contributed by atoms with E-state index in [0.29, 0.717) is 24.6 Å². The van der Waals surface area contributed by atoms with Crippen LogP contribution in [0.1, 0.15) is 35.2 Å². The number of hydrogen-bond donors (Lipinski definition) is 1. The average Bonchev–Trinajstić information content (AvgIpc) is 3.30. The number of carbonyl (C=O) groups is 2. The van der Waals surface area contributed by atoms with Crippen LogP contribution in [0.3, 0.4) is 0 Å². The summed E-state index contributed by atoms with van der Waals surface area (Å²) in [6.07, 6.45) is 2.58. The van der Waals surface area contributed by atoms with Gasteiger partial charge >= 0.3 is 5.97 Å². The maximum Gasteiger partial charge on any atom is 0.340 e. The monoisotopic (exact) mass is 494 g/mol. The number of esters is 1. The first-order valence-electron chi connectivity index (χ1n) is 10.5. The van der Waals surface area contributed by atoms with Gasteiger partial charge in [-0.3, -0.25) is 4.79 Å². The fraction of sp³-hybridized carbons (Fsp3) is 0.364. The standard InChI is InChI=1S/C22H23ClN2O7S/c23-18-6-5-16(33(28,29)25-8-2-1-3-9-25)11-17(18)22(27)30-13-21(26)24-12-15-4-7-19-20(10-15)32-14-31-19/h4-7,10-11H,1-3,8-9,12-14H2,(H,24,26). The van der Waals surface area contributed by atoms with Crippen molar-refractivity contribution in [3.8, 4) is 11.5 Å². The first-order chi connectivity index (χ1) is 15.8. The third-order valence-corrected chi connectivity index (χ3v) is 7.60. The van der Waals surface area contributed by atoms with Gasteiger partial charge in [-0.25, -0.2) is 13.2 Å². The Bertz CT molecular complexity index is 1160. The van der Waals surface area contributed by atoms with Gasteiger partial charge in [0.25, 0.3) is 5.91 Å². The zero-order valence-electron chi connectivity index (χ0n) is 17.7. The summed E-state index contributed by atoms with van der Waals surface area (Å²) in [5.74, 6) is -0.161. The molecule has 0 unspecified atom stereocenters. The number of hydrogen-bond acceptors (Lipinski definition) is 7. The predicted molar refractivity (Wildman–Crippen MR) is 119 cm³/mol. The lowest BCUT2D eigenvalue weighted by molar-refractivity contribution is -0.124. The Morgan fingerprint density at radius 2 is 1.79 bits per heavy atom. The van der Waals surface area contributed by atoms with E-state index in [0.717, 1.165) is 24.8 Å². The number of ether oxygens (including phenoxy) is 3. The molecule has 2 aromatic rings. The van der Waals surface area contributed by atoms with Gasteiger partial charge in [0.15, 0.2) is 18.1 Å². The quantitative estimate of drug-likeness (QED) is 0.589. The van der Waals surface area contributed by atoms with Gasteiger partial charge in [-0.15, -0.1) is 0 Å². The topological polar surface area (TPSA) is 111 Å². The molecule has 11 heteroatoms. The Labute approximate surface area is 196 Å². The molecule has 0 aliphatic carbocycles. The van der Waals surface area contributed by atoms with Gasteiger partial charge in [-0.2, -0.15) is 4.31 Å². The Morgan fingerprint density at radius 1 is 1.03 bits per heavy atom. The number of nitrogens with zero attached hydrogens (tertiary/aromatic N) is 1. The van der Waals surface area contributed by atoms with Crippen LogP contribution < -0.4 is 14.8 Å². The second-order valence-electron chi connectivity index (χ2n) is 7.65. The van der Waals surface area contributed by atoms with E-state index in [-0.39, 0.29) is 28.8 Å². The third kappa shape index (κ3) is 5.40. The minimum absolute atomic E-state index is 0.0343. The molecule has 1 N–H and O–H groups in total. The minimum atomic E-state index is -3.74. The van der Waals surface area contributed by atoms with Crippen LogP contribution in [-0.2, 0) is 26.1 Å². The summed E-state index contributed by atoms with van der Waals surface area (Å²) in [7, 11) is -3.74. The maximum atomic E-state index is 12.9. The molecule has 1 fully saturated rings. The maximum absolute atomic E-state index is 12.9. The molecule has 2 heterocycles. The smallest absolute Gasteiger partial charge is 0.340 e. The van der Waals surface area contributed by atoms with Crippen molar-refractivity contribution in [2.24, 2.45) is 0 Å². The van der Waals surface area contributed by atoms with Crippen molar-refractivity contribution >= 4 is 33.5 Å². The van der Waals surface area contributed by atoms with E-state index in [1.165, 1.54) is 22.5 Å². The van der Waals surface area contributed by atoms with Crippen LogP contribution in [0.4, 0.5) is 0 Å². The van der Waals surface area contributed by atoms with Crippen LogP contribution in [-0.4, -0.2) is 51.1 Å². The Morgan fingerprint density at radius 3 is 2.58 bits per heavy atom. The number of sulfonamides is 1. The molecule has 0 radical (unpaired) electrons. The van der Waals surface area contributed by atoms with Crippen molar-refractivity contribution in [1.29, 1.82) is 0 Å². The van der Waals surface area contributed by atoms with Gasteiger partial charge < -0.3 is 19.5 Å². The Hall–Kier alpha value is -2.82. The number of nitrogens with one attached hydrogen (secondary N) is 1. The molecule has 2 aliphatic heterocycles. The molecule has 1 amide bonds. The summed E-state index contributed by atoms with van der Waals surface area (Å²) in [4.78, 5) is 24.6. The lowest BCUT2D eigenvalue weighted by Gasteiger charge is -2.26. The van der Waals surface area contributed by atoms with Crippen molar-refractivity contribution < 1.29 is 32.2 Å². The SMILES string of the molecule is O=C(COC(=O)c1cc(S(=O)(=O)N2CCCCC2)ccc1Cl)NCc1ccc2c(c1)OCO2. The highest BCUT2D eigenvalue weighted by molar-refractivity contribution is 7.89. The average molecular weight is 495 g/mol. The van der Waals surface area contributed by atoms with Crippen molar-refractivity contribution in [1.82, 2.24) is 9.62 Å². The minimum Gasteiger partial charge on any atom is -0.454 e. The van der Waals surface area contributed by atoms with Gasteiger partial charge in [0, 0.05) is 19.6 Å². The number of fused-ring (bicyclic) bond motifs is 1. The van der Waals surface area contributed by atoms with Crippen LogP contribution in [0, 0.1) is 0 Å². The fourth-order valence-electron chi connectivity index (χ4n) is 3.59. The molecular weight excluding hydrogens is 472 g/mol. The van der Waals surface area contributed by atoms with Crippen molar-refractivity contribution in [2.75, 3.05) is 26.5 Å². The summed E-state index contributed by atoms with van der Waals surface area (Å²) >= 11 is 6.10. The van der Waals surface area contributed by atoms with Crippen LogP contribution in [0.25, 0.3) is 0 Å². The molecule has 0 saturated carbocycles. The number of carbonyl (C=O) groups excluding carboxylic acids is 2. The number of rotatable bonds is 7. The molecule has 0 aromatic heterocycles. The second-order valence-corrected chi connectivity index (χ2v) is 9.99. The Kier molecular flexibility index (Phi) is 7.06. The van der Waals surface area contributed by atoms with Gasteiger partial charge in [-0.05, 0) is 48.7 Å². The number of halogens is 1. The molecule has 0 atom stereocenters. The van der Waals surface area contributed by atoms with Gasteiger partial charge in [0.05, 0.1) is 15.5 Å². The van der Waals surface area contributed by atoms with Gasteiger partial charge in [-0.1, -0.05) is 24.1 Å². The van der Waals surface area contributed by atoms with E-state index in [1.807, 2.05) is 0 Å². The number of benzene rings is 2. The zero-order valence-corrected chi connectivity index (χ0v) is 19.3. The van der Waals surface area contributed by atoms with E-state index >= 15 is 0 Å². The van der Waals surface area contributed by atoms with Crippen LogP contribution >= 0.6 is 11.6 Å². The highest BCUT2D eigenvalue weighted by atomic mass is 35.5. The van der Waals surface area contributed by atoms with Crippen LogP contribution in [0.15, 0.2) is 41.3 Å². The van der Waals surface area contributed by atoms with Crippen molar-refractivity contribution in [3.63, 3.8) is 0 Å². The number of piperidine rings is 1. The van der Waals surface area contributed by atoms with Crippen LogP contribution in [0.2, 0.25) is 5.02 Å². The molecule has 0 bridgehead atoms. The van der Waals surface area contributed by atoms with E-state index in [9.17, 15) is 18.0 Å². The lowest BCUT2D eigenvalue weighted by Crippen LogP contribution is -2.35. The van der Waals surface area contributed by atoms with Gasteiger partial charge in [0.2, 0.25) is 16.8 Å². The Balaban J connectivity index is 1.35. The molecular formula is C22H23ClN2O7S. The zero-order chi connectivity index (χ0) is 23.4. The number of amides is 1. The highest BCUT2D eigenvalue weighted by Gasteiger charge is 2.27. The normalized spacial score (nSPS) is 15.8. The van der Waals surface area contributed by atoms with Gasteiger partial charge in [0.1, 0.15) is 0 Å². The van der Waals surface area contributed by atoms with E-state index in [1.54, 1.807) is 18.2 Å². The lowest BCUT2D eigenvalue weighted by atomic mass is 10.2. The summed E-state index contributed by atoms with van der Waals surface area (Å²) < 4.78 is 42.8. The van der Waals surface area contributed by atoms with E-state index in [2.05, 4.69) is 5.32 Å². The molecule has 1 saturated heterocycles. The fourth-order valence-corrected chi connectivity index (χ4v) is 5.33. The first kappa shape index (κ1) is 23.3. The molecule has 4 rings (SSSR count). The molecule has 9 nitrogen and oxygen atoms in total. The predicted octanol–water partition coefficient (Wildman–Crippen LogP) is 2.72. The summed E-state index contributed by atoms with van der Waals surface area (Å²) in [5, 5.41) is 2.68. The highest BCUT2D eigenvalue weighted by Crippen LogP contribution is 2.32. The molecule has 33 heavy (non-hydrogen) atoms. The molecule has 176 valence electrons. The third-order valence-electron chi connectivity index (χ3n) is 5.37. The van der Waals surface area contributed by atoms with E-state index < -0.39 is 28.5 Å².